The van der Waals surface area contributed by atoms with Crippen LogP contribution >= 0.6 is 0 Å². The van der Waals surface area contributed by atoms with Crippen LogP contribution in [-0.2, 0) is 21.2 Å². The molecule has 1 aliphatic rings. The van der Waals surface area contributed by atoms with Crippen molar-refractivity contribution < 1.29 is 18.0 Å². The second-order valence-corrected chi connectivity index (χ2v) is 8.56. The van der Waals surface area contributed by atoms with Crippen LogP contribution < -0.4 is 9.62 Å². The van der Waals surface area contributed by atoms with E-state index >= 15 is 0 Å². The zero-order valence-electron chi connectivity index (χ0n) is 16.8. The molecule has 0 bridgehead atoms. The first-order valence-corrected chi connectivity index (χ1v) is 11.1. The summed E-state index contributed by atoms with van der Waals surface area (Å²) in [5.41, 5.74) is 2.34. The Kier molecular flexibility index (Phi) is 5.93. The molecule has 1 heterocycles. The van der Waals surface area contributed by atoms with Gasteiger partial charge in [0.05, 0.1) is 4.90 Å². The molecule has 0 unspecified atom stereocenters. The summed E-state index contributed by atoms with van der Waals surface area (Å²) in [6.45, 7) is 7.00. The third-order valence-corrected chi connectivity index (χ3v) is 6.43. The number of nitrogens with zero attached hydrogens (tertiary/aromatic N) is 2. The molecule has 3 rings (SSSR count). The van der Waals surface area contributed by atoms with Crippen LogP contribution in [0.4, 0.5) is 11.4 Å². The summed E-state index contributed by atoms with van der Waals surface area (Å²) in [5, 5.41) is 0. The average molecular weight is 416 g/mol. The molecule has 29 heavy (non-hydrogen) atoms. The number of benzene rings is 2. The molecule has 0 aliphatic carbocycles. The number of amides is 2. The molecule has 1 N–H and O–H groups in total. The van der Waals surface area contributed by atoms with E-state index in [1.165, 1.54) is 13.0 Å². The molecule has 2 aromatic rings. The van der Waals surface area contributed by atoms with Gasteiger partial charge in [-0.2, -0.15) is 0 Å². The quantitative estimate of drug-likeness (QED) is 0.786. The molecule has 0 atom stereocenters. The fourth-order valence-corrected chi connectivity index (χ4v) is 4.60. The van der Waals surface area contributed by atoms with E-state index in [-0.39, 0.29) is 16.7 Å². The minimum absolute atomic E-state index is 0.0628. The predicted molar refractivity (Wildman–Crippen MR) is 113 cm³/mol. The monoisotopic (exact) mass is 415 g/mol. The highest BCUT2D eigenvalue weighted by Gasteiger charge is 2.25. The third-order valence-electron chi connectivity index (χ3n) is 5.05. The van der Waals surface area contributed by atoms with Gasteiger partial charge in [0.2, 0.25) is 5.91 Å². The van der Waals surface area contributed by atoms with Crippen molar-refractivity contribution in [2.45, 2.75) is 32.1 Å². The normalized spacial score (nSPS) is 13.1. The molecule has 0 aromatic heterocycles. The molecular weight excluding hydrogens is 390 g/mol. The Labute approximate surface area is 171 Å². The number of hydrogen-bond donors (Lipinski definition) is 1. The van der Waals surface area contributed by atoms with E-state index in [1.807, 2.05) is 13.8 Å². The number of hydrogen-bond acceptors (Lipinski definition) is 4. The first-order chi connectivity index (χ1) is 13.8. The van der Waals surface area contributed by atoms with E-state index in [1.54, 1.807) is 46.2 Å². The molecule has 8 heteroatoms. The summed E-state index contributed by atoms with van der Waals surface area (Å²) >= 11 is 0. The summed E-state index contributed by atoms with van der Waals surface area (Å²) in [7, 11) is -3.82. The van der Waals surface area contributed by atoms with Gasteiger partial charge in [0.25, 0.3) is 15.9 Å². The number of carbonyl (C=O) groups is 2. The highest BCUT2D eigenvalue weighted by Crippen LogP contribution is 2.30. The van der Waals surface area contributed by atoms with E-state index < -0.39 is 10.0 Å². The van der Waals surface area contributed by atoms with Gasteiger partial charge in [0, 0.05) is 43.5 Å². The van der Waals surface area contributed by atoms with E-state index in [0.29, 0.717) is 37.3 Å². The van der Waals surface area contributed by atoms with Gasteiger partial charge in [-0.05, 0) is 62.2 Å². The Bertz CT molecular complexity index is 1050. The van der Waals surface area contributed by atoms with Crippen LogP contribution in [0.3, 0.4) is 0 Å². The van der Waals surface area contributed by atoms with Gasteiger partial charge in [-0.3, -0.25) is 14.3 Å². The van der Waals surface area contributed by atoms with Crippen LogP contribution in [0.1, 0.15) is 36.7 Å². The Morgan fingerprint density at radius 3 is 2.48 bits per heavy atom. The van der Waals surface area contributed by atoms with Gasteiger partial charge in [-0.1, -0.05) is 6.07 Å². The van der Waals surface area contributed by atoms with Crippen molar-refractivity contribution in [3.05, 3.63) is 53.6 Å². The number of nitrogens with one attached hydrogen (secondary N) is 1. The van der Waals surface area contributed by atoms with Crippen molar-refractivity contribution in [1.29, 1.82) is 0 Å². The number of rotatable bonds is 6. The third kappa shape index (κ3) is 4.27. The van der Waals surface area contributed by atoms with E-state index in [4.69, 9.17) is 0 Å². The Balaban J connectivity index is 1.85. The standard InChI is InChI=1S/C21H25N3O4S/c1-4-23(5-2)21(26)17-7-6-8-18(13-17)22-29(27,28)19-9-10-20-16(14-19)11-12-24(20)15(3)25/h6-10,13-14,22H,4-5,11-12H2,1-3H3. The molecule has 0 radical (unpaired) electrons. The van der Waals surface area contributed by atoms with E-state index in [9.17, 15) is 18.0 Å². The molecule has 0 saturated carbocycles. The van der Waals surface area contributed by atoms with Gasteiger partial charge < -0.3 is 9.80 Å². The smallest absolute Gasteiger partial charge is 0.261 e. The lowest BCUT2D eigenvalue weighted by Crippen LogP contribution is -2.30. The molecule has 0 fully saturated rings. The lowest BCUT2D eigenvalue weighted by Gasteiger charge is -2.19. The fourth-order valence-electron chi connectivity index (χ4n) is 3.50. The maximum Gasteiger partial charge on any atom is 0.261 e. The van der Waals surface area contributed by atoms with Crippen LogP contribution in [0.15, 0.2) is 47.4 Å². The van der Waals surface area contributed by atoms with Gasteiger partial charge in [0.1, 0.15) is 0 Å². The summed E-state index contributed by atoms with van der Waals surface area (Å²) in [6, 6.07) is 11.2. The molecular formula is C21H25N3O4S. The second kappa shape index (κ2) is 8.24. The average Bonchev–Trinajstić information content (AvgIpc) is 3.12. The lowest BCUT2D eigenvalue weighted by molar-refractivity contribution is -0.116. The number of fused-ring (bicyclic) bond motifs is 1. The molecule has 0 saturated heterocycles. The van der Waals surface area contributed by atoms with Crippen molar-refractivity contribution >= 4 is 33.2 Å². The van der Waals surface area contributed by atoms with Gasteiger partial charge in [-0.25, -0.2) is 8.42 Å². The summed E-state index contributed by atoms with van der Waals surface area (Å²) in [5.74, 6) is -0.204. The van der Waals surface area contributed by atoms with Crippen LogP contribution in [0, 0.1) is 0 Å². The van der Waals surface area contributed by atoms with Crippen LogP contribution in [-0.4, -0.2) is 44.8 Å². The van der Waals surface area contributed by atoms with Crippen LogP contribution in [0.25, 0.3) is 0 Å². The van der Waals surface area contributed by atoms with Gasteiger partial charge in [0.15, 0.2) is 0 Å². The largest absolute Gasteiger partial charge is 0.339 e. The first kappa shape index (κ1) is 20.9. The van der Waals surface area contributed by atoms with Crippen molar-refractivity contribution in [2.75, 3.05) is 29.3 Å². The Hall–Kier alpha value is -2.87. The van der Waals surface area contributed by atoms with Crippen molar-refractivity contribution in [3.63, 3.8) is 0 Å². The highest BCUT2D eigenvalue weighted by atomic mass is 32.2. The first-order valence-electron chi connectivity index (χ1n) is 9.60. The minimum atomic E-state index is -3.82. The Morgan fingerprint density at radius 2 is 1.83 bits per heavy atom. The summed E-state index contributed by atoms with van der Waals surface area (Å²) in [6.07, 6.45) is 0.617. The predicted octanol–water partition coefficient (Wildman–Crippen LogP) is 2.88. The molecule has 0 spiro atoms. The maximum atomic E-state index is 12.9. The SMILES string of the molecule is CCN(CC)C(=O)c1cccc(NS(=O)(=O)c2ccc3c(c2)CCN3C(C)=O)c1. The topological polar surface area (TPSA) is 86.8 Å². The second-order valence-electron chi connectivity index (χ2n) is 6.87. The van der Waals surface area contributed by atoms with Crippen molar-refractivity contribution in [1.82, 2.24) is 4.90 Å². The summed E-state index contributed by atoms with van der Waals surface area (Å²) in [4.78, 5) is 27.6. The van der Waals surface area contributed by atoms with E-state index in [2.05, 4.69) is 4.72 Å². The molecule has 2 amide bonds. The number of anilines is 2. The van der Waals surface area contributed by atoms with Crippen LogP contribution in [0.2, 0.25) is 0 Å². The van der Waals surface area contributed by atoms with Gasteiger partial charge in [-0.15, -0.1) is 0 Å². The summed E-state index contributed by atoms with van der Waals surface area (Å²) < 4.78 is 28.3. The fraction of sp³-hybridized carbons (Fsp3) is 0.333. The lowest BCUT2D eigenvalue weighted by atomic mass is 10.2. The Morgan fingerprint density at radius 1 is 1.10 bits per heavy atom. The van der Waals surface area contributed by atoms with Gasteiger partial charge >= 0.3 is 0 Å². The molecule has 2 aromatic carbocycles. The highest BCUT2D eigenvalue weighted by molar-refractivity contribution is 7.92. The molecule has 154 valence electrons. The molecule has 7 nitrogen and oxygen atoms in total. The number of carbonyl (C=O) groups excluding carboxylic acids is 2. The zero-order chi connectivity index (χ0) is 21.2. The van der Waals surface area contributed by atoms with Crippen LogP contribution in [0.5, 0.6) is 0 Å². The molecule has 1 aliphatic heterocycles. The van der Waals surface area contributed by atoms with E-state index in [0.717, 1.165) is 11.3 Å². The minimum Gasteiger partial charge on any atom is -0.339 e. The van der Waals surface area contributed by atoms with Crippen molar-refractivity contribution in [2.24, 2.45) is 0 Å². The number of sulfonamides is 1. The maximum absolute atomic E-state index is 12.9. The van der Waals surface area contributed by atoms with Crippen molar-refractivity contribution in [3.8, 4) is 0 Å². The zero-order valence-corrected chi connectivity index (χ0v) is 17.6.